The molecule has 0 saturated carbocycles. The van der Waals surface area contributed by atoms with Crippen molar-refractivity contribution in [1.29, 1.82) is 0 Å². The van der Waals surface area contributed by atoms with Crippen molar-refractivity contribution in [3.63, 3.8) is 0 Å². The predicted molar refractivity (Wildman–Crippen MR) is 340 cm³/mol. The van der Waals surface area contributed by atoms with Crippen molar-refractivity contribution in [3.8, 4) is 0 Å². The summed E-state index contributed by atoms with van der Waals surface area (Å²) in [5.74, 6) is -0.210. The van der Waals surface area contributed by atoms with Crippen LogP contribution in [0.1, 0.15) is 251 Å². The molecule has 0 radical (unpaired) electrons. The van der Waals surface area contributed by atoms with E-state index in [0.29, 0.717) is 6.42 Å². The highest BCUT2D eigenvalue weighted by Gasteiger charge is 2.44. The molecule has 9 nitrogen and oxygen atoms in total. The summed E-state index contributed by atoms with van der Waals surface area (Å²) in [7, 11) is 0. The number of hydrogen-bond acceptors (Lipinski definition) is 8. The molecule has 456 valence electrons. The zero-order valence-electron chi connectivity index (χ0n) is 50.8. The molecule has 9 heteroatoms. The van der Waals surface area contributed by atoms with Crippen molar-refractivity contribution in [3.05, 3.63) is 134 Å². The molecule has 0 aromatic rings. The molecule has 1 heterocycles. The van der Waals surface area contributed by atoms with E-state index >= 15 is 0 Å². The number of nitrogens with one attached hydrogen (secondary N) is 1. The first-order valence-electron chi connectivity index (χ1n) is 32.4. The fraction of sp³-hybridized carbons (Fsp3) is 0.676. The fourth-order valence-corrected chi connectivity index (χ4v) is 9.38. The normalized spacial score (nSPS) is 19.4. The predicted octanol–water partition coefficient (Wildman–Crippen LogP) is 17.2. The van der Waals surface area contributed by atoms with Gasteiger partial charge in [-0.25, -0.2) is 0 Å². The summed E-state index contributed by atoms with van der Waals surface area (Å²) in [5, 5.41) is 54.6. The lowest BCUT2D eigenvalue weighted by molar-refractivity contribution is -0.302. The number of carbonyl (C=O) groups excluding carboxylic acids is 1. The number of rotatable bonds is 54. The van der Waals surface area contributed by atoms with Gasteiger partial charge >= 0.3 is 0 Å². The molecule has 6 N–H and O–H groups in total. The van der Waals surface area contributed by atoms with Crippen molar-refractivity contribution in [2.24, 2.45) is 0 Å². The summed E-state index contributed by atoms with van der Waals surface area (Å²) < 4.78 is 11.3. The third-order valence-electron chi connectivity index (χ3n) is 14.4. The highest BCUT2D eigenvalue weighted by Crippen LogP contribution is 2.23. The Bertz CT molecular complexity index is 1720. The van der Waals surface area contributed by atoms with Gasteiger partial charge in [-0.05, 0) is 109 Å². The van der Waals surface area contributed by atoms with Crippen LogP contribution in [0.3, 0.4) is 0 Å². The van der Waals surface area contributed by atoms with Crippen LogP contribution in [0.2, 0.25) is 0 Å². The van der Waals surface area contributed by atoms with E-state index < -0.39 is 49.5 Å². The van der Waals surface area contributed by atoms with Crippen LogP contribution >= 0.6 is 0 Å². The molecule has 0 aliphatic carbocycles. The molecule has 1 fully saturated rings. The number of aliphatic hydroxyl groups excluding tert-OH is 5. The molecular weight excluding hydrogens is 995 g/mol. The van der Waals surface area contributed by atoms with Gasteiger partial charge in [-0.2, -0.15) is 0 Å². The summed E-state index contributed by atoms with van der Waals surface area (Å²) in [6.07, 6.45) is 82.4. The average molecular weight is 1110 g/mol. The molecule has 1 saturated heterocycles. The Kier molecular flexibility index (Phi) is 54.4. The van der Waals surface area contributed by atoms with Gasteiger partial charge in [0.15, 0.2) is 6.29 Å². The maximum absolute atomic E-state index is 13.1. The highest BCUT2D eigenvalue weighted by molar-refractivity contribution is 5.76. The minimum atomic E-state index is -1.59. The molecule has 7 unspecified atom stereocenters. The summed E-state index contributed by atoms with van der Waals surface area (Å²) in [6, 6.07) is -0.848. The minimum absolute atomic E-state index is 0.210. The SMILES string of the molecule is CC/C=C\C/C=C\C/C=C\C/C=C\C/C=C\C/C=C\C/C=C\C/C=C\CCCCCCCCC(=O)NC(COC1OC(CO)C(O)C(O)C1O)C(O)/C=C/CC/C=C/CC/C=C/CCCCCCCCCCCCCCCCCC. The van der Waals surface area contributed by atoms with Gasteiger partial charge < -0.3 is 40.3 Å². The number of aliphatic hydroxyl groups is 5. The summed E-state index contributed by atoms with van der Waals surface area (Å²) >= 11 is 0. The van der Waals surface area contributed by atoms with Gasteiger partial charge in [-0.1, -0.05) is 270 Å². The van der Waals surface area contributed by atoms with Gasteiger partial charge in [-0.3, -0.25) is 4.79 Å². The Morgan fingerprint density at radius 2 is 0.787 bits per heavy atom. The van der Waals surface area contributed by atoms with E-state index in [9.17, 15) is 30.3 Å². The van der Waals surface area contributed by atoms with E-state index in [4.69, 9.17) is 9.47 Å². The number of allylic oxidation sites excluding steroid dienone is 21. The van der Waals surface area contributed by atoms with Crippen LogP contribution < -0.4 is 5.32 Å². The smallest absolute Gasteiger partial charge is 0.220 e. The van der Waals surface area contributed by atoms with Gasteiger partial charge in [-0.15, -0.1) is 0 Å². The molecule has 0 spiro atoms. The Morgan fingerprint density at radius 1 is 0.438 bits per heavy atom. The van der Waals surface area contributed by atoms with E-state index in [1.807, 2.05) is 6.08 Å². The lowest BCUT2D eigenvalue weighted by Gasteiger charge is -2.40. The lowest BCUT2D eigenvalue weighted by atomic mass is 9.99. The number of ether oxygens (including phenoxy) is 2. The third kappa shape index (κ3) is 46.9. The summed E-state index contributed by atoms with van der Waals surface area (Å²) in [4.78, 5) is 13.1. The molecule has 1 rings (SSSR count). The van der Waals surface area contributed by atoms with Crippen LogP contribution in [0.5, 0.6) is 0 Å². The largest absolute Gasteiger partial charge is 0.394 e. The summed E-state index contributed by atoms with van der Waals surface area (Å²) in [6.45, 7) is 3.64. The second-order valence-corrected chi connectivity index (χ2v) is 21.8. The first-order chi connectivity index (χ1) is 39.3. The van der Waals surface area contributed by atoms with Crippen LogP contribution in [0, 0.1) is 0 Å². The first kappa shape index (κ1) is 74.3. The van der Waals surface area contributed by atoms with Gasteiger partial charge in [0.25, 0.3) is 0 Å². The molecule has 0 aromatic heterocycles. The van der Waals surface area contributed by atoms with E-state index in [1.165, 1.54) is 103 Å². The molecule has 80 heavy (non-hydrogen) atoms. The number of amides is 1. The molecule has 0 bridgehead atoms. The Morgan fingerprint density at radius 3 is 1.20 bits per heavy atom. The Hall–Kier alpha value is -3.67. The molecule has 7 atom stereocenters. The zero-order chi connectivity index (χ0) is 57.9. The molecule has 1 amide bonds. The second kappa shape index (κ2) is 58.5. The van der Waals surface area contributed by atoms with Gasteiger partial charge in [0, 0.05) is 6.42 Å². The topological polar surface area (TPSA) is 149 Å². The third-order valence-corrected chi connectivity index (χ3v) is 14.4. The fourth-order valence-electron chi connectivity index (χ4n) is 9.38. The van der Waals surface area contributed by atoms with Crippen molar-refractivity contribution in [1.82, 2.24) is 5.32 Å². The van der Waals surface area contributed by atoms with E-state index in [0.717, 1.165) is 128 Å². The molecule has 1 aliphatic rings. The van der Waals surface area contributed by atoms with Crippen molar-refractivity contribution < 1.29 is 39.8 Å². The van der Waals surface area contributed by atoms with E-state index in [2.05, 4.69) is 141 Å². The van der Waals surface area contributed by atoms with E-state index in [-0.39, 0.29) is 12.5 Å². The Labute approximate surface area is 490 Å². The molecule has 0 aromatic carbocycles. The molecule has 1 aliphatic heterocycles. The quantitative estimate of drug-likeness (QED) is 0.0261. The highest BCUT2D eigenvalue weighted by atomic mass is 16.7. The molecular formula is C71H119NO8. The lowest BCUT2D eigenvalue weighted by Crippen LogP contribution is -2.60. The van der Waals surface area contributed by atoms with Crippen molar-refractivity contribution in [2.45, 2.75) is 294 Å². The standard InChI is InChI=1S/C71H119NO8/c1-3-5-7-9-11-13-15-17-19-21-23-25-27-29-31-32-33-34-35-37-39-41-43-45-47-49-51-53-55-57-59-61-67(75)72-64(63-79-71-70(78)69(77)68(76)66(62-73)80-71)65(74)60-58-56-54-52-50-48-46-44-42-40-38-36-30-28-26-24-22-20-18-16-14-12-10-8-6-4-2/h5,7,11,13,17,19,23,25,29,31,33-34,37,39,42-45,50,52,58,60,64-66,68-71,73-74,76-78H,3-4,6,8-10,12,14-16,18,20-22,24,26-28,30,32,35-36,38,40-41,46-49,51,53-57,59,61-63H2,1-2H3,(H,72,75)/b7-5-,13-11-,19-17-,25-23-,31-29-,34-33-,39-37-,44-42+,45-43-,52-50+,60-58+. The van der Waals surface area contributed by atoms with Crippen molar-refractivity contribution in [2.75, 3.05) is 13.2 Å². The first-order valence-corrected chi connectivity index (χ1v) is 32.4. The average Bonchev–Trinajstić information content (AvgIpc) is 3.46. The minimum Gasteiger partial charge on any atom is -0.394 e. The van der Waals surface area contributed by atoms with Crippen molar-refractivity contribution >= 4 is 5.91 Å². The van der Waals surface area contributed by atoms with Gasteiger partial charge in [0.2, 0.25) is 5.91 Å². The van der Waals surface area contributed by atoms with Gasteiger partial charge in [0.1, 0.15) is 24.4 Å². The van der Waals surface area contributed by atoms with Crippen LogP contribution in [0.4, 0.5) is 0 Å². The zero-order valence-corrected chi connectivity index (χ0v) is 50.8. The maximum Gasteiger partial charge on any atom is 0.220 e. The van der Waals surface area contributed by atoms with Crippen LogP contribution in [0.25, 0.3) is 0 Å². The number of unbranched alkanes of at least 4 members (excludes halogenated alkanes) is 24. The van der Waals surface area contributed by atoms with Crippen LogP contribution in [0.15, 0.2) is 134 Å². The van der Waals surface area contributed by atoms with Crippen LogP contribution in [-0.4, -0.2) is 87.5 Å². The van der Waals surface area contributed by atoms with E-state index in [1.54, 1.807) is 6.08 Å². The summed E-state index contributed by atoms with van der Waals surface area (Å²) in [5.41, 5.74) is 0. The monoisotopic (exact) mass is 1110 g/mol. The second-order valence-electron chi connectivity index (χ2n) is 21.8. The Balaban J connectivity index is 2.25. The van der Waals surface area contributed by atoms with Gasteiger partial charge in [0.05, 0.1) is 25.4 Å². The number of hydrogen-bond donors (Lipinski definition) is 6. The maximum atomic E-state index is 13.1. The van der Waals surface area contributed by atoms with Crippen LogP contribution in [-0.2, 0) is 14.3 Å². The number of carbonyl (C=O) groups is 1.